The first-order valence-electron chi connectivity index (χ1n) is 8.66. The minimum atomic E-state index is -0.625. The van der Waals surface area contributed by atoms with Crippen molar-refractivity contribution in [3.63, 3.8) is 0 Å². The summed E-state index contributed by atoms with van der Waals surface area (Å²) < 4.78 is 27.7. The molecule has 2 rings (SSSR count). The van der Waals surface area contributed by atoms with Gasteiger partial charge in [0, 0.05) is 36.6 Å². The van der Waals surface area contributed by atoms with Gasteiger partial charge in [0.1, 0.15) is 11.4 Å². The molecule has 1 aliphatic rings. The fourth-order valence-corrected chi connectivity index (χ4v) is 3.47. The molecule has 1 heterocycles. The van der Waals surface area contributed by atoms with E-state index < -0.39 is 11.7 Å². The van der Waals surface area contributed by atoms with Crippen LogP contribution in [0.15, 0.2) is 0 Å². The van der Waals surface area contributed by atoms with E-state index in [1.807, 2.05) is 27.7 Å². The Hall–Kier alpha value is -1.86. The molecule has 0 fully saturated rings. The van der Waals surface area contributed by atoms with Crippen LogP contribution < -0.4 is 19.1 Å². The van der Waals surface area contributed by atoms with E-state index in [9.17, 15) is 4.79 Å². The third kappa shape index (κ3) is 4.19. The van der Waals surface area contributed by atoms with Crippen LogP contribution in [0.3, 0.4) is 0 Å². The summed E-state index contributed by atoms with van der Waals surface area (Å²) in [6, 6.07) is 0. The largest absolute Gasteiger partial charge is 0.494 e. The fourth-order valence-electron chi connectivity index (χ4n) is 3.22. The molecule has 1 amide bonds. The standard InChI is InChI=1S/C19H28ClNO6/c1-11-15(24-6)14-13(17(16(11)25-7)26-10-23-5)12(8-20)9-21(14)18(22)27-19(2,3)4/h12H,8-10H2,1-7H3/t12-/m0/s1. The summed E-state index contributed by atoms with van der Waals surface area (Å²) in [6.45, 7) is 7.72. The van der Waals surface area contributed by atoms with Gasteiger partial charge in [-0.3, -0.25) is 4.90 Å². The highest BCUT2D eigenvalue weighted by Gasteiger charge is 2.42. The highest BCUT2D eigenvalue weighted by Crippen LogP contribution is 2.55. The fraction of sp³-hybridized carbons (Fsp3) is 0.632. The third-order valence-corrected chi connectivity index (χ3v) is 4.59. The van der Waals surface area contributed by atoms with Crippen molar-refractivity contribution < 1.29 is 28.5 Å². The summed E-state index contributed by atoms with van der Waals surface area (Å²) >= 11 is 6.23. The van der Waals surface area contributed by atoms with Crippen molar-refractivity contribution in [3.8, 4) is 17.2 Å². The molecule has 1 aromatic carbocycles. The Morgan fingerprint density at radius 1 is 1.15 bits per heavy atom. The average Bonchev–Trinajstić information content (AvgIpc) is 2.97. The van der Waals surface area contributed by atoms with Crippen molar-refractivity contribution >= 4 is 23.4 Å². The Kier molecular flexibility index (Phi) is 6.70. The maximum absolute atomic E-state index is 12.9. The number of halogens is 1. The maximum Gasteiger partial charge on any atom is 0.414 e. The molecule has 0 aliphatic carbocycles. The monoisotopic (exact) mass is 401 g/mol. The van der Waals surface area contributed by atoms with E-state index in [0.29, 0.717) is 40.9 Å². The number of hydrogen-bond acceptors (Lipinski definition) is 6. The van der Waals surface area contributed by atoms with Crippen molar-refractivity contribution in [1.29, 1.82) is 0 Å². The number of fused-ring (bicyclic) bond motifs is 1. The van der Waals surface area contributed by atoms with E-state index in [0.717, 1.165) is 5.56 Å². The molecule has 152 valence electrons. The molecule has 0 saturated carbocycles. The van der Waals surface area contributed by atoms with Gasteiger partial charge in [-0.1, -0.05) is 0 Å². The highest BCUT2D eigenvalue weighted by molar-refractivity contribution is 6.18. The zero-order valence-corrected chi connectivity index (χ0v) is 17.7. The third-order valence-electron chi connectivity index (χ3n) is 4.21. The lowest BCUT2D eigenvalue weighted by Crippen LogP contribution is -2.36. The first kappa shape index (κ1) is 21.4. The molecule has 0 spiro atoms. The van der Waals surface area contributed by atoms with Crippen LogP contribution >= 0.6 is 11.6 Å². The van der Waals surface area contributed by atoms with Crippen LogP contribution in [0.5, 0.6) is 17.2 Å². The molecule has 0 saturated heterocycles. The van der Waals surface area contributed by atoms with E-state index in [1.165, 1.54) is 7.11 Å². The van der Waals surface area contributed by atoms with E-state index >= 15 is 0 Å². The van der Waals surface area contributed by atoms with E-state index in [4.69, 9.17) is 35.3 Å². The van der Waals surface area contributed by atoms with Crippen LogP contribution in [-0.2, 0) is 9.47 Å². The van der Waals surface area contributed by atoms with Crippen molar-refractivity contribution in [3.05, 3.63) is 11.1 Å². The molecule has 0 unspecified atom stereocenters. The number of alkyl halides is 1. The van der Waals surface area contributed by atoms with Gasteiger partial charge < -0.3 is 23.7 Å². The van der Waals surface area contributed by atoms with Gasteiger partial charge in [0.05, 0.1) is 19.9 Å². The van der Waals surface area contributed by atoms with Crippen molar-refractivity contribution in [2.75, 3.05) is 45.4 Å². The van der Waals surface area contributed by atoms with E-state index in [1.54, 1.807) is 19.1 Å². The number of methoxy groups -OCH3 is 3. The second kappa shape index (κ2) is 8.44. The predicted molar refractivity (Wildman–Crippen MR) is 104 cm³/mol. The second-order valence-electron chi connectivity index (χ2n) is 7.28. The summed E-state index contributed by atoms with van der Waals surface area (Å²) in [7, 11) is 4.65. The molecule has 1 aromatic rings. The van der Waals surface area contributed by atoms with Gasteiger partial charge in [-0.15, -0.1) is 11.6 Å². The lowest BCUT2D eigenvalue weighted by molar-refractivity contribution is 0.0483. The Morgan fingerprint density at radius 2 is 1.78 bits per heavy atom. The smallest absolute Gasteiger partial charge is 0.414 e. The first-order valence-corrected chi connectivity index (χ1v) is 9.20. The van der Waals surface area contributed by atoms with E-state index in [2.05, 4.69) is 0 Å². The lowest BCUT2D eigenvalue weighted by Gasteiger charge is -2.27. The lowest BCUT2D eigenvalue weighted by atomic mass is 9.98. The van der Waals surface area contributed by atoms with Crippen LogP contribution in [0.25, 0.3) is 0 Å². The number of rotatable bonds is 6. The molecule has 0 radical (unpaired) electrons. The quantitative estimate of drug-likeness (QED) is 0.528. The van der Waals surface area contributed by atoms with Gasteiger partial charge in [0.2, 0.25) is 0 Å². The Bertz CT molecular complexity index is 701. The normalized spacial score (nSPS) is 16.1. The zero-order valence-electron chi connectivity index (χ0n) is 17.0. The molecular formula is C19H28ClNO6. The van der Waals surface area contributed by atoms with Crippen LogP contribution in [0.1, 0.15) is 37.8 Å². The molecule has 27 heavy (non-hydrogen) atoms. The molecule has 7 nitrogen and oxygen atoms in total. The highest BCUT2D eigenvalue weighted by atomic mass is 35.5. The minimum absolute atomic E-state index is 0.0377. The number of hydrogen-bond donors (Lipinski definition) is 0. The van der Waals surface area contributed by atoms with Gasteiger partial charge in [0.15, 0.2) is 18.3 Å². The summed E-state index contributed by atoms with van der Waals surface area (Å²) in [5.41, 5.74) is 1.45. The first-order chi connectivity index (χ1) is 12.7. The van der Waals surface area contributed by atoms with Gasteiger partial charge in [-0.2, -0.15) is 0 Å². The van der Waals surface area contributed by atoms with Crippen molar-refractivity contribution in [2.24, 2.45) is 0 Å². The minimum Gasteiger partial charge on any atom is -0.494 e. The number of benzene rings is 1. The SMILES string of the molecule is COCOc1c(OC)c(C)c(OC)c2c1[C@@H](CCl)CN2C(=O)OC(C)(C)C. The number of carbonyl (C=O) groups is 1. The molecule has 0 bridgehead atoms. The van der Waals surface area contributed by atoms with Gasteiger partial charge in [-0.25, -0.2) is 4.79 Å². The van der Waals surface area contributed by atoms with Crippen LogP contribution in [0, 0.1) is 6.92 Å². The van der Waals surface area contributed by atoms with Crippen LogP contribution in [0.2, 0.25) is 0 Å². The molecule has 1 aliphatic heterocycles. The zero-order chi connectivity index (χ0) is 20.4. The summed E-state index contributed by atoms with van der Waals surface area (Å²) in [5.74, 6) is 1.70. The number of amides is 1. The summed E-state index contributed by atoms with van der Waals surface area (Å²) in [5, 5.41) is 0. The Balaban J connectivity index is 2.69. The van der Waals surface area contributed by atoms with Gasteiger partial charge in [-0.05, 0) is 27.7 Å². The van der Waals surface area contributed by atoms with Crippen LogP contribution in [0.4, 0.5) is 10.5 Å². The molecule has 1 atom stereocenters. The number of anilines is 1. The van der Waals surface area contributed by atoms with E-state index in [-0.39, 0.29) is 12.7 Å². The Morgan fingerprint density at radius 3 is 2.26 bits per heavy atom. The second-order valence-corrected chi connectivity index (χ2v) is 7.58. The molecule has 8 heteroatoms. The average molecular weight is 402 g/mol. The maximum atomic E-state index is 12.9. The molecule has 0 aromatic heterocycles. The number of carbonyl (C=O) groups excluding carboxylic acids is 1. The van der Waals surface area contributed by atoms with Gasteiger partial charge >= 0.3 is 6.09 Å². The summed E-state index contributed by atoms with van der Waals surface area (Å²) in [4.78, 5) is 14.4. The summed E-state index contributed by atoms with van der Waals surface area (Å²) in [6.07, 6.45) is -0.461. The van der Waals surface area contributed by atoms with Crippen molar-refractivity contribution in [2.45, 2.75) is 39.2 Å². The number of ether oxygens (including phenoxy) is 5. The Labute approximate surface area is 165 Å². The molecular weight excluding hydrogens is 374 g/mol. The van der Waals surface area contributed by atoms with Crippen molar-refractivity contribution in [1.82, 2.24) is 0 Å². The number of nitrogens with zero attached hydrogens (tertiary/aromatic N) is 1. The topological polar surface area (TPSA) is 66.5 Å². The van der Waals surface area contributed by atoms with Gasteiger partial charge in [0.25, 0.3) is 0 Å². The molecule has 0 N–H and O–H groups in total. The van der Waals surface area contributed by atoms with Crippen LogP contribution in [-0.4, -0.2) is 52.2 Å². The predicted octanol–water partition coefficient (Wildman–Crippen LogP) is 4.07.